The van der Waals surface area contributed by atoms with Crippen molar-refractivity contribution in [2.45, 2.75) is 31.1 Å². The van der Waals surface area contributed by atoms with Crippen molar-refractivity contribution < 1.29 is 22.7 Å². The number of anilines is 1. The summed E-state index contributed by atoms with van der Waals surface area (Å²) >= 11 is 0.960. The third-order valence-electron chi connectivity index (χ3n) is 4.07. The smallest absolute Gasteiger partial charge is 0.348 e. The standard InChI is InChI=1S/C19H19NO5S2/c1-19(2,3)13-4-5-16(14(10-13)12-6-8-25-11-12)27(23,24)20-15-7-9-26-17(15)18(21)22/h4-11,20H,1-3H3,(H,21,22). The fourth-order valence-corrected chi connectivity index (χ4v) is 4.66. The minimum absolute atomic E-state index is 0.0468. The van der Waals surface area contributed by atoms with E-state index >= 15 is 0 Å². The van der Waals surface area contributed by atoms with E-state index in [9.17, 15) is 18.3 Å². The van der Waals surface area contributed by atoms with E-state index in [4.69, 9.17) is 4.42 Å². The van der Waals surface area contributed by atoms with Crippen LogP contribution >= 0.6 is 11.3 Å². The monoisotopic (exact) mass is 405 g/mol. The summed E-state index contributed by atoms with van der Waals surface area (Å²) in [4.78, 5) is 11.3. The molecule has 0 amide bonds. The molecule has 8 heteroatoms. The first kappa shape index (κ1) is 19.2. The highest BCUT2D eigenvalue weighted by Gasteiger charge is 2.25. The van der Waals surface area contributed by atoms with Crippen LogP contribution in [0.1, 0.15) is 36.0 Å². The van der Waals surface area contributed by atoms with Crippen molar-refractivity contribution in [3.63, 3.8) is 0 Å². The molecule has 0 saturated heterocycles. The van der Waals surface area contributed by atoms with E-state index in [0.717, 1.165) is 16.9 Å². The summed E-state index contributed by atoms with van der Waals surface area (Å²) < 4.78 is 33.6. The molecule has 3 rings (SSSR count). The second-order valence-electron chi connectivity index (χ2n) is 7.05. The second kappa shape index (κ2) is 6.86. The molecule has 0 bridgehead atoms. The van der Waals surface area contributed by atoms with Crippen molar-refractivity contribution in [2.75, 3.05) is 4.72 Å². The Morgan fingerprint density at radius 2 is 1.93 bits per heavy atom. The van der Waals surface area contributed by atoms with E-state index in [1.807, 2.05) is 26.8 Å². The van der Waals surface area contributed by atoms with E-state index in [1.165, 1.54) is 30.0 Å². The number of benzene rings is 1. The summed E-state index contributed by atoms with van der Waals surface area (Å²) in [6.07, 6.45) is 2.96. The lowest BCUT2D eigenvalue weighted by molar-refractivity contribution is 0.0703. The Labute approximate surface area is 161 Å². The number of sulfonamides is 1. The zero-order chi connectivity index (χ0) is 19.8. The molecular weight excluding hydrogens is 386 g/mol. The lowest BCUT2D eigenvalue weighted by Gasteiger charge is -2.21. The number of furan rings is 1. The highest BCUT2D eigenvalue weighted by Crippen LogP contribution is 2.34. The van der Waals surface area contributed by atoms with Gasteiger partial charge >= 0.3 is 5.97 Å². The molecule has 0 fully saturated rings. The molecule has 2 heterocycles. The Morgan fingerprint density at radius 1 is 1.19 bits per heavy atom. The van der Waals surface area contributed by atoms with Crippen LogP contribution in [-0.4, -0.2) is 19.5 Å². The molecule has 6 nitrogen and oxygen atoms in total. The van der Waals surface area contributed by atoms with Crippen molar-refractivity contribution in [1.29, 1.82) is 0 Å². The van der Waals surface area contributed by atoms with Crippen LogP contribution in [0.2, 0.25) is 0 Å². The van der Waals surface area contributed by atoms with Gasteiger partial charge in [-0.1, -0.05) is 26.8 Å². The largest absolute Gasteiger partial charge is 0.477 e. The Bertz CT molecular complexity index is 1070. The van der Waals surface area contributed by atoms with Crippen LogP contribution in [0.15, 0.2) is 57.6 Å². The van der Waals surface area contributed by atoms with Crippen LogP contribution in [0.4, 0.5) is 5.69 Å². The predicted octanol–water partition coefficient (Wildman–Crippen LogP) is 4.80. The SMILES string of the molecule is CC(C)(C)c1ccc(S(=O)(=O)Nc2ccsc2C(=O)O)c(-c2ccoc2)c1. The Hall–Kier alpha value is -2.58. The highest BCUT2D eigenvalue weighted by atomic mass is 32.2. The number of rotatable bonds is 5. The first-order valence-corrected chi connectivity index (χ1v) is 10.5. The van der Waals surface area contributed by atoms with Gasteiger partial charge in [0.05, 0.1) is 23.1 Å². The molecule has 0 spiro atoms. The number of carboxylic acid groups (broad SMARTS) is 1. The molecule has 0 unspecified atom stereocenters. The average Bonchev–Trinajstić information content (AvgIpc) is 3.24. The summed E-state index contributed by atoms with van der Waals surface area (Å²) in [5.74, 6) is -1.18. The summed E-state index contributed by atoms with van der Waals surface area (Å²) in [6.45, 7) is 6.12. The van der Waals surface area contributed by atoms with Crippen LogP contribution in [0.5, 0.6) is 0 Å². The van der Waals surface area contributed by atoms with Crippen LogP contribution in [0.25, 0.3) is 11.1 Å². The third kappa shape index (κ3) is 3.91. The predicted molar refractivity (Wildman–Crippen MR) is 105 cm³/mol. The molecule has 3 aromatic rings. The highest BCUT2D eigenvalue weighted by molar-refractivity contribution is 7.92. The maximum atomic E-state index is 13.0. The normalized spacial score (nSPS) is 12.1. The van der Waals surface area contributed by atoms with Gasteiger partial charge in [0.15, 0.2) is 0 Å². The number of thiophene rings is 1. The molecule has 0 atom stereocenters. The van der Waals surface area contributed by atoms with Crippen LogP contribution < -0.4 is 4.72 Å². The molecule has 0 aliphatic rings. The first-order chi connectivity index (χ1) is 12.6. The second-order valence-corrected chi connectivity index (χ2v) is 9.61. The number of carboxylic acids is 1. The van der Waals surface area contributed by atoms with E-state index in [1.54, 1.807) is 12.1 Å². The molecule has 0 aliphatic heterocycles. The molecule has 2 aromatic heterocycles. The molecule has 27 heavy (non-hydrogen) atoms. The van der Waals surface area contributed by atoms with Crippen molar-refractivity contribution in [2.24, 2.45) is 0 Å². The third-order valence-corrected chi connectivity index (χ3v) is 6.40. The van der Waals surface area contributed by atoms with Crippen molar-refractivity contribution in [3.8, 4) is 11.1 Å². The van der Waals surface area contributed by atoms with Gasteiger partial charge < -0.3 is 9.52 Å². The number of hydrogen-bond acceptors (Lipinski definition) is 5. The van der Waals surface area contributed by atoms with Gasteiger partial charge in [-0.05, 0) is 40.6 Å². The molecule has 142 valence electrons. The molecule has 1 aromatic carbocycles. The van der Waals surface area contributed by atoms with Crippen LogP contribution in [-0.2, 0) is 15.4 Å². The van der Waals surface area contributed by atoms with Gasteiger partial charge in [-0.25, -0.2) is 13.2 Å². The van der Waals surface area contributed by atoms with Crippen LogP contribution in [0.3, 0.4) is 0 Å². The fraction of sp³-hybridized carbons (Fsp3) is 0.211. The quantitative estimate of drug-likeness (QED) is 0.635. The van der Waals surface area contributed by atoms with E-state index in [2.05, 4.69) is 4.72 Å². The van der Waals surface area contributed by atoms with E-state index in [-0.39, 0.29) is 20.9 Å². The number of carbonyl (C=O) groups is 1. The van der Waals surface area contributed by atoms with Crippen molar-refractivity contribution >= 4 is 33.0 Å². The average molecular weight is 405 g/mol. The maximum Gasteiger partial charge on any atom is 0.348 e. The summed E-state index contributed by atoms with van der Waals surface area (Å²) in [7, 11) is -4.01. The van der Waals surface area contributed by atoms with Gasteiger partial charge in [0, 0.05) is 11.1 Å². The first-order valence-electron chi connectivity index (χ1n) is 8.10. The van der Waals surface area contributed by atoms with Gasteiger partial charge in [-0.3, -0.25) is 4.72 Å². The van der Waals surface area contributed by atoms with Crippen molar-refractivity contribution in [3.05, 3.63) is 58.7 Å². The number of hydrogen-bond donors (Lipinski definition) is 2. The van der Waals surface area contributed by atoms with E-state index in [0.29, 0.717) is 11.1 Å². The topological polar surface area (TPSA) is 96.6 Å². The fourth-order valence-electron chi connectivity index (χ4n) is 2.63. The summed E-state index contributed by atoms with van der Waals surface area (Å²) in [5, 5.41) is 10.7. The van der Waals surface area contributed by atoms with Crippen molar-refractivity contribution in [1.82, 2.24) is 0 Å². The summed E-state index contributed by atoms with van der Waals surface area (Å²) in [6, 6.07) is 8.26. The molecule has 0 radical (unpaired) electrons. The minimum Gasteiger partial charge on any atom is -0.477 e. The van der Waals surface area contributed by atoms with Gasteiger partial charge in [0.2, 0.25) is 0 Å². The summed E-state index contributed by atoms with van der Waals surface area (Å²) in [5.41, 5.74) is 1.98. The van der Waals surface area contributed by atoms with Gasteiger partial charge in [-0.2, -0.15) is 0 Å². The minimum atomic E-state index is -4.01. The number of nitrogens with one attached hydrogen (secondary N) is 1. The zero-order valence-corrected chi connectivity index (χ0v) is 16.6. The van der Waals surface area contributed by atoms with Gasteiger partial charge in [-0.15, -0.1) is 11.3 Å². The lowest BCUT2D eigenvalue weighted by Crippen LogP contribution is -2.17. The molecule has 0 saturated carbocycles. The van der Waals surface area contributed by atoms with Crippen LogP contribution in [0, 0.1) is 0 Å². The van der Waals surface area contributed by atoms with Gasteiger partial charge in [0.1, 0.15) is 4.88 Å². The number of aromatic carboxylic acids is 1. The zero-order valence-electron chi connectivity index (χ0n) is 15.0. The Balaban J connectivity index is 2.12. The molecule has 2 N–H and O–H groups in total. The Morgan fingerprint density at radius 3 is 2.52 bits per heavy atom. The molecule has 0 aliphatic carbocycles. The van der Waals surface area contributed by atoms with Gasteiger partial charge in [0.25, 0.3) is 10.0 Å². The maximum absolute atomic E-state index is 13.0. The molecular formula is C19H19NO5S2. The lowest BCUT2D eigenvalue weighted by atomic mass is 9.85. The van der Waals surface area contributed by atoms with E-state index < -0.39 is 16.0 Å². The Kier molecular flexibility index (Phi) is 4.88.